The first-order valence-electron chi connectivity index (χ1n) is 23.9. The molecule has 0 atom stereocenters. The van der Waals surface area contributed by atoms with E-state index in [2.05, 4.69) is 251 Å². The molecule has 0 saturated carbocycles. The molecule has 11 aromatic rings. The molecule has 73 heavy (non-hydrogen) atoms. The van der Waals surface area contributed by atoms with Gasteiger partial charge in [0.15, 0.2) is 0 Å². The smallest absolute Gasteiger partial charge is 0.305 e. The van der Waals surface area contributed by atoms with Crippen molar-refractivity contribution in [3.63, 3.8) is 0 Å². The minimum atomic E-state index is -0.0213. The maximum absolute atomic E-state index is 4.86. The molecule has 352 valence electrons. The number of rotatable bonds is 10. The molecule has 6 heteroatoms. The second-order valence-electron chi connectivity index (χ2n) is 18.8. The zero-order chi connectivity index (χ0) is 49.2. The Morgan fingerprint density at radius 1 is 0.329 bits per heavy atom. The summed E-state index contributed by atoms with van der Waals surface area (Å²) in [6.45, 7) is 6.71. The van der Waals surface area contributed by atoms with Crippen molar-refractivity contribution < 1.29 is 20.1 Å². The van der Waals surface area contributed by atoms with Crippen molar-refractivity contribution in [1.82, 2.24) is 15.0 Å². The van der Waals surface area contributed by atoms with E-state index in [1.165, 1.54) is 5.56 Å². The normalized spacial score (nSPS) is 11.2. The van der Waals surface area contributed by atoms with E-state index in [4.69, 9.17) is 4.98 Å². The van der Waals surface area contributed by atoms with Crippen LogP contribution in [0.3, 0.4) is 0 Å². The molecule has 0 aliphatic rings. The Kier molecular flexibility index (Phi) is 14.5. The molecule has 0 saturated heterocycles. The van der Waals surface area contributed by atoms with Gasteiger partial charge in [-0.05, 0) is 103 Å². The van der Waals surface area contributed by atoms with E-state index in [-0.39, 0.29) is 25.5 Å². The largest absolute Gasteiger partial charge is 3.00 e. The monoisotopic (exact) mass is 1240 g/mol. The predicted molar refractivity (Wildman–Crippen MR) is 305 cm³/mol. The van der Waals surface area contributed by atoms with Gasteiger partial charge < -0.3 is 15.0 Å². The van der Waals surface area contributed by atoms with Gasteiger partial charge in [-0.3, -0.25) is 0 Å². The Bertz CT molecular complexity index is 3610. The number of nitrogens with zero attached hydrogens (tertiary/aromatic N) is 3. The van der Waals surface area contributed by atoms with E-state index in [0.717, 1.165) is 121 Å². The van der Waals surface area contributed by atoms with Crippen LogP contribution in [-0.4, -0.2) is 15.0 Å². The first-order chi connectivity index (χ1) is 35.2. The molecule has 8 aromatic carbocycles. The van der Waals surface area contributed by atoms with Crippen molar-refractivity contribution in [3.8, 4) is 112 Å². The summed E-state index contributed by atoms with van der Waals surface area (Å²) in [4.78, 5) is 14.1. The van der Waals surface area contributed by atoms with Gasteiger partial charge in [0.05, 0.1) is 0 Å². The molecule has 3 heterocycles. The van der Waals surface area contributed by atoms with E-state index in [0.29, 0.717) is 0 Å². The average molecular weight is 1250 g/mol. The quantitative estimate of drug-likeness (QED) is 0.128. The van der Waals surface area contributed by atoms with Gasteiger partial charge in [-0.25, -0.2) is 0 Å². The van der Waals surface area contributed by atoms with Crippen molar-refractivity contribution in [1.29, 1.82) is 0 Å². The Morgan fingerprint density at radius 3 is 1.16 bits per heavy atom. The Hall–Kier alpha value is -7.18. The van der Waals surface area contributed by atoms with E-state index < -0.39 is 0 Å². The standard InChI is InChI=1S/C67H46Br2N3.Ir/c1-67(2,3)51-33-36-72-66(43-51)45-27-30-58(61(40-45)44-17-5-4-6-18-44)55-22-10-7-19-52(55)48-37-49(53-20-8-11-23-56(53)59-31-28-46(41-62(59)68)64-25-13-15-34-70-64)39-50(38-48)54-21-9-12-24-57(54)60-32-29-47(42-63(60)69)65-26-14-16-35-71-65;/h4-26,30-43H,1-3H3;/q-3;+3. The van der Waals surface area contributed by atoms with Crippen LogP contribution in [-0.2, 0) is 25.5 Å². The maximum atomic E-state index is 4.86. The van der Waals surface area contributed by atoms with Crippen LogP contribution in [0.25, 0.3) is 112 Å². The van der Waals surface area contributed by atoms with Crippen molar-refractivity contribution in [2.75, 3.05) is 0 Å². The number of pyridine rings is 3. The van der Waals surface area contributed by atoms with E-state index in [1.54, 1.807) is 0 Å². The van der Waals surface area contributed by atoms with E-state index in [1.807, 2.05) is 55.0 Å². The first-order valence-corrected chi connectivity index (χ1v) is 25.5. The molecular weight excluding hydrogens is 1200 g/mol. The zero-order valence-electron chi connectivity index (χ0n) is 40.3. The van der Waals surface area contributed by atoms with Gasteiger partial charge in [-0.2, -0.15) is 0 Å². The molecule has 0 aliphatic carbocycles. The van der Waals surface area contributed by atoms with Crippen LogP contribution in [0.5, 0.6) is 0 Å². The fourth-order valence-electron chi connectivity index (χ4n) is 9.45. The van der Waals surface area contributed by atoms with E-state index in [9.17, 15) is 0 Å². The summed E-state index contributed by atoms with van der Waals surface area (Å²) in [7, 11) is 0. The first kappa shape index (κ1) is 49.4. The molecular formula is C67H46Br2IrN3. The molecule has 0 N–H and O–H groups in total. The van der Waals surface area contributed by atoms with Crippen molar-refractivity contribution in [3.05, 3.63) is 258 Å². The maximum Gasteiger partial charge on any atom is 3.00 e. The van der Waals surface area contributed by atoms with Crippen molar-refractivity contribution in [2.45, 2.75) is 26.2 Å². The van der Waals surface area contributed by atoms with E-state index >= 15 is 0 Å². The third-order valence-corrected chi connectivity index (χ3v) is 14.4. The zero-order valence-corrected chi connectivity index (χ0v) is 45.9. The van der Waals surface area contributed by atoms with Crippen molar-refractivity contribution >= 4 is 31.9 Å². The third kappa shape index (κ3) is 10.4. The predicted octanol–water partition coefficient (Wildman–Crippen LogP) is 18.8. The summed E-state index contributed by atoms with van der Waals surface area (Å²) in [6, 6.07) is 83.5. The molecule has 3 aromatic heterocycles. The molecule has 0 spiro atoms. The summed E-state index contributed by atoms with van der Waals surface area (Å²) in [6.07, 6.45) is 5.55. The number of halogens is 2. The number of benzene rings is 8. The fraction of sp³-hybridized carbons (Fsp3) is 0.0597. The minimum absolute atomic E-state index is 0. The molecule has 0 unspecified atom stereocenters. The molecule has 0 fully saturated rings. The van der Waals surface area contributed by atoms with Gasteiger partial charge in [-0.15, -0.1) is 71.3 Å². The van der Waals surface area contributed by atoms with Crippen molar-refractivity contribution in [2.24, 2.45) is 0 Å². The number of aromatic nitrogens is 3. The van der Waals surface area contributed by atoms with Crippen LogP contribution < -0.4 is 0 Å². The second-order valence-corrected chi connectivity index (χ2v) is 20.5. The van der Waals surface area contributed by atoms with Crippen LogP contribution >= 0.6 is 31.9 Å². The summed E-state index contributed by atoms with van der Waals surface area (Å²) >= 11 is 7.96. The average Bonchev–Trinajstić information content (AvgIpc) is 3.43. The molecule has 11 rings (SSSR count). The van der Waals surface area contributed by atoms with Gasteiger partial charge in [0.25, 0.3) is 0 Å². The summed E-state index contributed by atoms with van der Waals surface area (Å²) in [5, 5.41) is 0. The molecule has 0 amide bonds. The van der Waals surface area contributed by atoms with Crippen LogP contribution in [0.15, 0.2) is 234 Å². The molecule has 0 aliphatic heterocycles. The Labute approximate surface area is 458 Å². The molecule has 0 bridgehead atoms. The Morgan fingerprint density at radius 2 is 0.726 bits per heavy atom. The third-order valence-electron chi connectivity index (χ3n) is 13.1. The van der Waals surface area contributed by atoms with Crippen LogP contribution in [0.4, 0.5) is 0 Å². The Balaban J connectivity index is 0.00000611. The fourth-order valence-corrected chi connectivity index (χ4v) is 10.6. The SMILES string of the molecule is CC(C)(C)c1ccnc(-c2[c-]cc(-c3ccccc3-c3cc(-c4ccccc4-c4c[c-]c(-c5ccccn5)cc4Br)cc(-c4ccccc4-c4c[c-]c(-c5ccccn5)cc4Br)c3)c(-c3ccccc3)c2)c1.[Ir+3]. The van der Waals surface area contributed by atoms with Gasteiger partial charge in [0.1, 0.15) is 0 Å². The van der Waals surface area contributed by atoms with Gasteiger partial charge >= 0.3 is 20.1 Å². The summed E-state index contributed by atoms with van der Waals surface area (Å²) < 4.78 is 1.93. The van der Waals surface area contributed by atoms with Gasteiger partial charge in [-0.1, -0.05) is 234 Å². The second kappa shape index (κ2) is 21.5. The number of hydrogen-bond acceptors (Lipinski definition) is 3. The number of hydrogen-bond donors (Lipinski definition) is 0. The van der Waals surface area contributed by atoms with Gasteiger partial charge in [0.2, 0.25) is 0 Å². The minimum Gasteiger partial charge on any atom is -0.305 e. The van der Waals surface area contributed by atoms with Crippen LogP contribution in [0.1, 0.15) is 26.3 Å². The summed E-state index contributed by atoms with van der Waals surface area (Å²) in [5.74, 6) is 0. The van der Waals surface area contributed by atoms with Crippen LogP contribution in [0, 0.1) is 18.2 Å². The summed E-state index contributed by atoms with van der Waals surface area (Å²) in [5.41, 5.74) is 21.8. The topological polar surface area (TPSA) is 38.7 Å². The molecule has 0 radical (unpaired) electrons. The van der Waals surface area contributed by atoms with Gasteiger partial charge in [0, 0.05) is 18.6 Å². The molecule has 3 nitrogen and oxygen atoms in total. The van der Waals surface area contributed by atoms with Crippen LogP contribution in [0.2, 0.25) is 0 Å².